The molecule has 0 bridgehead atoms. The van der Waals surface area contributed by atoms with E-state index in [0.717, 1.165) is 30.5 Å². The van der Waals surface area contributed by atoms with Gasteiger partial charge in [0.15, 0.2) is 0 Å². The molecule has 0 saturated carbocycles. The molecule has 1 aromatic carbocycles. The van der Waals surface area contributed by atoms with Gasteiger partial charge in [0.05, 0.1) is 36.5 Å². The lowest BCUT2D eigenvalue weighted by atomic mass is 10.1. The van der Waals surface area contributed by atoms with Crippen LogP contribution in [0.2, 0.25) is 0 Å². The van der Waals surface area contributed by atoms with Gasteiger partial charge in [-0.1, -0.05) is 0 Å². The van der Waals surface area contributed by atoms with Gasteiger partial charge in [-0.2, -0.15) is 0 Å². The second-order valence-electron chi connectivity index (χ2n) is 7.81. The molecule has 180 valence electrons. The number of nitrogens with zero attached hydrogens (tertiary/aromatic N) is 3. The molecule has 2 saturated heterocycles. The number of carbonyl (C=O) groups excluding carboxylic acids is 2. The van der Waals surface area contributed by atoms with Gasteiger partial charge in [0.25, 0.3) is 18.9 Å². The number of morpholine rings is 1. The SMILES string of the molecule is CN(C)C(=O)C[C@H]1CN2C[C@@H](NC(=O)c3ccc4nc[nH]c4c3)C[C@H]2CO1.O=CO.O=CO. The predicted octanol–water partition coefficient (Wildman–Crippen LogP) is 0.0143. The fraction of sp³-hybridized carbons (Fsp3) is 0.476. The Kier molecular flexibility index (Phi) is 9.76. The normalized spacial score (nSPS) is 21.5. The third-order valence-electron chi connectivity index (χ3n) is 5.41. The third kappa shape index (κ3) is 7.26. The Bertz CT molecular complexity index is 942. The van der Waals surface area contributed by atoms with Crippen LogP contribution in [-0.2, 0) is 19.1 Å². The maximum Gasteiger partial charge on any atom is 0.290 e. The maximum absolute atomic E-state index is 12.6. The van der Waals surface area contributed by atoms with Crippen LogP contribution in [-0.4, -0.2) is 107 Å². The van der Waals surface area contributed by atoms with E-state index in [1.807, 2.05) is 12.1 Å². The first-order valence-electron chi connectivity index (χ1n) is 10.3. The molecule has 0 unspecified atom stereocenters. The van der Waals surface area contributed by atoms with E-state index in [1.54, 1.807) is 31.4 Å². The fourth-order valence-corrected chi connectivity index (χ4v) is 3.89. The average molecular weight is 463 g/mol. The minimum absolute atomic E-state index is 0.0726. The van der Waals surface area contributed by atoms with Crippen molar-refractivity contribution in [1.29, 1.82) is 0 Å². The van der Waals surface area contributed by atoms with Crippen LogP contribution >= 0.6 is 0 Å². The number of carbonyl (C=O) groups is 4. The number of hydrogen-bond donors (Lipinski definition) is 4. The Balaban J connectivity index is 0.000000582. The third-order valence-corrected chi connectivity index (χ3v) is 5.41. The van der Waals surface area contributed by atoms with Gasteiger partial charge in [-0.25, -0.2) is 4.98 Å². The van der Waals surface area contributed by atoms with Crippen LogP contribution in [0.25, 0.3) is 11.0 Å². The van der Waals surface area contributed by atoms with Gasteiger partial charge in [-0.15, -0.1) is 0 Å². The zero-order chi connectivity index (χ0) is 24.4. The summed E-state index contributed by atoms with van der Waals surface area (Å²) >= 11 is 0. The number of carboxylic acid groups (broad SMARTS) is 2. The van der Waals surface area contributed by atoms with Crippen molar-refractivity contribution >= 4 is 35.8 Å². The van der Waals surface area contributed by atoms with E-state index in [4.69, 9.17) is 24.5 Å². The minimum atomic E-state index is -0.250. The first-order valence-corrected chi connectivity index (χ1v) is 10.3. The highest BCUT2D eigenvalue weighted by atomic mass is 16.5. The summed E-state index contributed by atoms with van der Waals surface area (Å²) in [7, 11) is 3.52. The molecule has 4 rings (SSSR count). The number of fused-ring (bicyclic) bond motifs is 2. The van der Waals surface area contributed by atoms with Gasteiger partial charge in [0, 0.05) is 44.8 Å². The maximum atomic E-state index is 12.6. The summed E-state index contributed by atoms with van der Waals surface area (Å²) in [5, 5.41) is 16.9. The lowest BCUT2D eigenvalue weighted by Gasteiger charge is -2.35. The number of imidazole rings is 1. The summed E-state index contributed by atoms with van der Waals surface area (Å²) < 4.78 is 5.88. The number of aromatic nitrogens is 2. The van der Waals surface area contributed by atoms with Crippen LogP contribution in [0.15, 0.2) is 24.5 Å². The van der Waals surface area contributed by atoms with Crippen LogP contribution in [0.3, 0.4) is 0 Å². The molecule has 2 fully saturated rings. The first-order chi connectivity index (χ1) is 15.8. The number of nitrogens with one attached hydrogen (secondary N) is 2. The fourth-order valence-electron chi connectivity index (χ4n) is 3.89. The first kappa shape index (κ1) is 25.7. The molecule has 0 aliphatic carbocycles. The summed E-state index contributed by atoms with van der Waals surface area (Å²) in [5.41, 5.74) is 2.33. The molecule has 0 radical (unpaired) electrons. The predicted molar refractivity (Wildman–Crippen MR) is 118 cm³/mol. The van der Waals surface area contributed by atoms with E-state index in [0.29, 0.717) is 24.6 Å². The number of H-pyrrole nitrogens is 1. The van der Waals surface area contributed by atoms with Crippen LogP contribution in [0.1, 0.15) is 23.2 Å². The summed E-state index contributed by atoms with van der Waals surface area (Å²) in [4.78, 5) is 52.4. The molecule has 12 nitrogen and oxygen atoms in total. The van der Waals surface area contributed by atoms with Crippen LogP contribution < -0.4 is 5.32 Å². The summed E-state index contributed by atoms with van der Waals surface area (Å²) in [6.45, 7) is 1.63. The van der Waals surface area contributed by atoms with Gasteiger partial charge in [-0.05, 0) is 24.6 Å². The van der Waals surface area contributed by atoms with E-state index < -0.39 is 0 Å². The van der Waals surface area contributed by atoms with E-state index in [9.17, 15) is 9.59 Å². The van der Waals surface area contributed by atoms with Crippen molar-refractivity contribution in [2.45, 2.75) is 31.0 Å². The lowest BCUT2D eigenvalue weighted by Crippen LogP contribution is -2.47. The minimum Gasteiger partial charge on any atom is -0.483 e. The van der Waals surface area contributed by atoms with Crippen molar-refractivity contribution in [3.05, 3.63) is 30.1 Å². The highest BCUT2D eigenvalue weighted by Gasteiger charge is 2.38. The molecule has 2 aliphatic heterocycles. The highest BCUT2D eigenvalue weighted by Crippen LogP contribution is 2.25. The Morgan fingerprint density at radius 1 is 1.27 bits per heavy atom. The van der Waals surface area contributed by atoms with Gasteiger partial charge in [0.1, 0.15) is 0 Å². The standard InChI is InChI=1S/C19H25N5O3.2CH2O2/c1-23(2)18(25)7-15-9-24-8-13(6-14(24)10-27-15)22-19(26)12-3-4-16-17(5-12)21-11-20-16;2*2-1-3/h3-5,11,13-15H,6-10H2,1-2H3,(H,20,21)(H,22,26);2*1H,(H,2,3)/t13-,14-,15-;;/m0../s1. The summed E-state index contributed by atoms with van der Waals surface area (Å²) in [6, 6.07) is 5.86. The number of aromatic amines is 1. The Hall–Kier alpha value is -3.51. The lowest BCUT2D eigenvalue weighted by molar-refractivity contribution is -0.134. The Morgan fingerprint density at radius 2 is 1.97 bits per heavy atom. The topological polar surface area (TPSA) is 165 Å². The second kappa shape index (κ2) is 12.5. The summed E-state index contributed by atoms with van der Waals surface area (Å²) in [6.07, 6.45) is 2.82. The van der Waals surface area contributed by atoms with Gasteiger partial charge < -0.3 is 30.2 Å². The molecule has 2 aromatic rings. The highest BCUT2D eigenvalue weighted by molar-refractivity contribution is 5.97. The largest absolute Gasteiger partial charge is 0.483 e. The van der Waals surface area contributed by atoms with Crippen LogP contribution in [0, 0.1) is 0 Å². The molecular weight excluding hydrogens is 434 g/mol. The van der Waals surface area contributed by atoms with Crippen molar-refractivity contribution in [3.63, 3.8) is 0 Å². The van der Waals surface area contributed by atoms with Crippen molar-refractivity contribution in [2.75, 3.05) is 33.8 Å². The smallest absolute Gasteiger partial charge is 0.290 e. The van der Waals surface area contributed by atoms with Crippen molar-refractivity contribution < 1.29 is 34.1 Å². The summed E-state index contributed by atoms with van der Waals surface area (Å²) in [5.74, 6) is 0.00768. The Morgan fingerprint density at radius 3 is 2.64 bits per heavy atom. The molecule has 1 aromatic heterocycles. The molecule has 2 amide bonds. The van der Waals surface area contributed by atoms with Gasteiger partial charge in [-0.3, -0.25) is 24.1 Å². The molecule has 4 N–H and O–H groups in total. The molecule has 12 heteroatoms. The van der Waals surface area contributed by atoms with Gasteiger partial charge >= 0.3 is 0 Å². The van der Waals surface area contributed by atoms with Crippen molar-refractivity contribution in [1.82, 2.24) is 25.1 Å². The molecular formula is C21H29N5O7. The van der Waals surface area contributed by atoms with Crippen LogP contribution in [0.5, 0.6) is 0 Å². The van der Waals surface area contributed by atoms with Crippen molar-refractivity contribution in [2.24, 2.45) is 0 Å². The zero-order valence-corrected chi connectivity index (χ0v) is 18.5. The van der Waals surface area contributed by atoms with E-state index in [2.05, 4.69) is 20.2 Å². The van der Waals surface area contributed by atoms with Gasteiger partial charge in [0.2, 0.25) is 5.91 Å². The quantitative estimate of drug-likeness (QED) is 0.457. The Labute approximate surface area is 190 Å². The number of rotatable bonds is 4. The molecule has 3 atom stereocenters. The average Bonchev–Trinajstić information content (AvgIpc) is 3.40. The number of benzene rings is 1. The number of hydrogen-bond acceptors (Lipinski definition) is 7. The number of ether oxygens (including phenoxy) is 1. The molecule has 2 aliphatic rings. The van der Waals surface area contributed by atoms with E-state index >= 15 is 0 Å². The van der Waals surface area contributed by atoms with Crippen molar-refractivity contribution in [3.8, 4) is 0 Å². The monoisotopic (exact) mass is 463 g/mol. The van der Waals surface area contributed by atoms with E-state index in [-0.39, 0.29) is 36.9 Å². The van der Waals surface area contributed by atoms with Crippen LogP contribution in [0.4, 0.5) is 0 Å². The van der Waals surface area contributed by atoms with E-state index in [1.165, 1.54) is 0 Å². The zero-order valence-electron chi connectivity index (χ0n) is 18.5. The second-order valence-corrected chi connectivity index (χ2v) is 7.81. The molecule has 0 spiro atoms. The number of amides is 2. The molecule has 33 heavy (non-hydrogen) atoms. The molecule has 3 heterocycles.